The number of nitrogens with zero attached hydrogens (tertiary/aromatic N) is 3. The molecule has 2 aliphatic rings. The van der Waals surface area contributed by atoms with E-state index in [0.717, 1.165) is 62.5 Å². The number of rotatable bonds is 3. The van der Waals surface area contributed by atoms with Crippen molar-refractivity contribution in [2.45, 2.75) is 19.3 Å². The third kappa shape index (κ3) is 3.27. The number of hydrogen-bond donors (Lipinski definition) is 3. The first-order valence-corrected chi connectivity index (χ1v) is 9.21. The average molecular weight is 352 g/mol. The van der Waals surface area contributed by atoms with E-state index in [-0.39, 0.29) is 12.5 Å². The van der Waals surface area contributed by atoms with E-state index >= 15 is 0 Å². The topological polar surface area (TPSA) is 96.2 Å². The van der Waals surface area contributed by atoms with E-state index in [2.05, 4.69) is 33.7 Å². The number of carbonyl (C=O) groups excluding carboxylic acids is 1. The van der Waals surface area contributed by atoms with Crippen LogP contribution in [0, 0.1) is 0 Å². The van der Waals surface area contributed by atoms with Crippen LogP contribution in [0.25, 0.3) is 11.3 Å². The molecular formula is C19H24N6O. The van der Waals surface area contributed by atoms with Crippen LogP contribution in [0.15, 0.2) is 24.3 Å². The van der Waals surface area contributed by atoms with Gasteiger partial charge < -0.3 is 16.0 Å². The van der Waals surface area contributed by atoms with Gasteiger partial charge in [0.25, 0.3) is 0 Å². The number of piperazine rings is 1. The summed E-state index contributed by atoms with van der Waals surface area (Å²) < 4.78 is 0. The lowest BCUT2D eigenvalue weighted by Crippen LogP contribution is -2.44. The highest BCUT2D eigenvalue weighted by molar-refractivity contribution is 5.91. The van der Waals surface area contributed by atoms with E-state index in [9.17, 15) is 4.79 Å². The fraction of sp³-hybridized carbons (Fsp3) is 0.421. The molecule has 1 aliphatic heterocycles. The minimum Gasteiger partial charge on any atom is -0.354 e. The molecule has 4 rings (SSSR count). The van der Waals surface area contributed by atoms with Gasteiger partial charge in [-0.05, 0) is 24.8 Å². The van der Waals surface area contributed by atoms with Crippen molar-refractivity contribution < 1.29 is 4.79 Å². The van der Waals surface area contributed by atoms with Crippen molar-refractivity contribution in [1.82, 2.24) is 15.3 Å². The highest BCUT2D eigenvalue weighted by Crippen LogP contribution is 2.36. The minimum atomic E-state index is -0.280. The van der Waals surface area contributed by atoms with Crippen LogP contribution in [0.4, 0.5) is 11.8 Å². The van der Waals surface area contributed by atoms with Gasteiger partial charge in [-0.25, -0.2) is 4.98 Å². The van der Waals surface area contributed by atoms with Gasteiger partial charge in [0.2, 0.25) is 11.9 Å². The first kappa shape index (κ1) is 16.9. The fourth-order valence-corrected chi connectivity index (χ4v) is 3.72. The maximum absolute atomic E-state index is 11.8. The lowest BCUT2D eigenvalue weighted by Gasteiger charge is -2.30. The SMILES string of the molecule is NCC(=O)Nc1nc2c(c(N3CCNCC3)n1)CCCc1ccccc1-2. The first-order chi connectivity index (χ1) is 12.8. The van der Waals surface area contributed by atoms with E-state index in [1.807, 2.05) is 6.07 Å². The van der Waals surface area contributed by atoms with Gasteiger partial charge in [-0.15, -0.1) is 0 Å². The normalized spacial score (nSPS) is 16.4. The number of nitrogens with one attached hydrogen (secondary N) is 2. The second kappa shape index (κ2) is 7.39. The summed E-state index contributed by atoms with van der Waals surface area (Å²) in [4.78, 5) is 23.5. The van der Waals surface area contributed by atoms with Crippen molar-refractivity contribution >= 4 is 17.7 Å². The Morgan fingerprint density at radius 1 is 1.19 bits per heavy atom. The number of amides is 1. The lowest BCUT2D eigenvalue weighted by molar-refractivity contribution is -0.114. The highest BCUT2D eigenvalue weighted by atomic mass is 16.1. The quantitative estimate of drug-likeness (QED) is 0.761. The number of anilines is 2. The molecule has 1 fully saturated rings. The van der Waals surface area contributed by atoms with Crippen LogP contribution < -0.4 is 21.3 Å². The van der Waals surface area contributed by atoms with E-state index < -0.39 is 0 Å². The molecule has 0 unspecified atom stereocenters. The van der Waals surface area contributed by atoms with Gasteiger partial charge >= 0.3 is 0 Å². The molecule has 2 heterocycles. The first-order valence-electron chi connectivity index (χ1n) is 9.21. The second-order valence-electron chi connectivity index (χ2n) is 6.70. The van der Waals surface area contributed by atoms with Crippen LogP contribution in [-0.4, -0.2) is 48.6 Å². The number of aromatic nitrogens is 2. The molecule has 0 radical (unpaired) electrons. The number of aryl methyl sites for hydroxylation is 1. The molecule has 1 aromatic carbocycles. The molecule has 0 bridgehead atoms. The Labute approximate surface area is 153 Å². The summed E-state index contributed by atoms with van der Waals surface area (Å²) in [6, 6.07) is 8.38. The van der Waals surface area contributed by atoms with Crippen molar-refractivity contribution in [2.75, 3.05) is 42.9 Å². The molecule has 0 saturated carbocycles. The van der Waals surface area contributed by atoms with Crippen LogP contribution in [0.3, 0.4) is 0 Å². The molecule has 7 heteroatoms. The molecule has 0 atom stereocenters. The fourth-order valence-electron chi connectivity index (χ4n) is 3.72. The number of nitrogens with two attached hydrogens (primary N) is 1. The van der Waals surface area contributed by atoms with Crippen molar-refractivity contribution in [2.24, 2.45) is 5.73 Å². The summed E-state index contributed by atoms with van der Waals surface area (Å²) in [6.45, 7) is 3.57. The Kier molecular flexibility index (Phi) is 4.81. The highest BCUT2D eigenvalue weighted by Gasteiger charge is 2.25. The summed E-state index contributed by atoms with van der Waals surface area (Å²) in [5.41, 5.74) is 10.0. The predicted octanol–water partition coefficient (Wildman–Crippen LogP) is 0.939. The van der Waals surface area contributed by atoms with Gasteiger partial charge in [0.1, 0.15) is 5.82 Å². The van der Waals surface area contributed by atoms with Crippen molar-refractivity contribution in [3.63, 3.8) is 0 Å². The van der Waals surface area contributed by atoms with Gasteiger partial charge in [-0.2, -0.15) is 4.98 Å². The maximum Gasteiger partial charge on any atom is 0.240 e. The molecule has 1 amide bonds. The molecule has 1 saturated heterocycles. The minimum absolute atomic E-state index is 0.0833. The van der Waals surface area contributed by atoms with Crippen LogP contribution in [0.2, 0.25) is 0 Å². The number of hydrogen-bond acceptors (Lipinski definition) is 6. The maximum atomic E-state index is 11.8. The number of benzene rings is 1. The van der Waals surface area contributed by atoms with Crippen molar-refractivity contribution in [3.8, 4) is 11.3 Å². The van der Waals surface area contributed by atoms with Crippen LogP contribution in [-0.2, 0) is 17.6 Å². The molecule has 1 aromatic heterocycles. The van der Waals surface area contributed by atoms with Crippen molar-refractivity contribution in [3.05, 3.63) is 35.4 Å². The molecule has 136 valence electrons. The average Bonchev–Trinajstić information content (AvgIpc) is 2.87. The molecule has 4 N–H and O–H groups in total. The van der Waals surface area contributed by atoms with Gasteiger partial charge in [0.15, 0.2) is 0 Å². The summed E-state index contributed by atoms with van der Waals surface area (Å²) >= 11 is 0. The third-order valence-corrected chi connectivity index (χ3v) is 4.98. The van der Waals surface area contributed by atoms with E-state index in [1.165, 1.54) is 11.1 Å². The Bertz CT molecular complexity index is 816. The van der Waals surface area contributed by atoms with Gasteiger partial charge in [0.05, 0.1) is 12.2 Å². The zero-order valence-corrected chi connectivity index (χ0v) is 14.8. The predicted molar refractivity (Wildman–Crippen MR) is 102 cm³/mol. The molecule has 1 aliphatic carbocycles. The van der Waals surface area contributed by atoms with Crippen LogP contribution >= 0.6 is 0 Å². The summed E-state index contributed by atoms with van der Waals surface area (Å²) in [5.74, 6) is 1.00. The summed E-state index contributed by atoms with van der Waals surface area (Å²) in [6.07, 6.45) is 3.04. The second-order valence-corrected chi connectivity index (χ2v) is 6.70. The Balaban J connectivity index is 1.86. The van der Waals surface area contributed by atoms with Crippen LogP contribution in [0.5, 0.6) is 0 Å². The summed E-state index contributed by atoms with van der Waals surface area (Å²) in [5, 5.41) is 6.12. The molecule has 7 nitrogen and oxygen atoms in total. The Hall–Kier alpha value is -2.51. The monoisotopic (exact) mass is 352 g/mol. The molecule has 0 spiro atoms. The van der Waals surface area contributed by atoms with E-state index in [1.54, 1.807) is 0 Å². The molecular weight excluding hydrogens is 328 g/mol. The smallest absolute Gasteiger partial charge is 0.240 e. The Morgan fingerprint density at radius 3 is 2.81 bits per heavy atom. The summed E-state index contributed by atoms with van der Waals surface area (Å²) in [7, 11) is 0. The molecule has 26 heavy (non-hydrogen) atoms. The van der Waals surface area contributed by atoms with Crippen molar-refractivity contribution in [1.29, 1.82) is 0 Å². The van der Waals surface area contributed by atoms with Gasteiger partial charge in [-0.1, -0.05) is 24.3 Å². The number of fused-ring (bicyclic) bond motifs is 3. The Morgan fingerprint density at radius 2 is 2.00 bits per heavy atom. The zero-order valence-electron chi connectivity index (χ0n) is 14.8. The zero-order chi connectivity index (χ0) is 17.9. The van der Waals surface area contributed by atoms with E-state index in [0.29, 0.717) is 5.95 Å². The van der Waals surface area contributed by atoms with Gasteiger partial charge in [0, 0.05) is 37.3 Å². The third-order valence-electron chi connectivity index (χ3n) is 4.98. The molecule has 2 aromatic rings. The van der Waals surface area contributed by atoms with Crippen LogP contribution in [0.1, 0.15) is 17.5 Å². The standard InChI is InChI=1S/C19H24N6O/c20-12-16(26)22-19-23-17-14-6-2-1-4-13(14)5-3-7-15(17)18(24-19)25-10-8-21-9-11-25/h1-2,4,6,21H,3,5,7-12,20H2,(H,22,23,24,26). The number of carbonyl (C=O) groups is 1. The van der Waals surface area contributed by atoms with E-state index in [4.69, 9.17) is 15.7 Å². The largest absolute Gasteiger partial charge is 0.354 e. The van der Waals surface area contributed by atoms with Gasteiger partial charge in [-0.3, -0.25) is 10.1 Å². The lowest BCUT2D eigenvalue weighted by atomic mass is 10.0.